The summed E-state index contributed by atoms with van der Waals surface area (Å²) in [5.74, 6) is 1.13. The zero-order chi connectivity index (χ0) is 33.1. The number of ether oxygens (including phenoxy) is 2. The van der Waals surface area contributed by atoms with Gasteiger partial charge in [0.15, 0.2) is 5.82 Å². The van der Waals surface area contributed by atoms with Crippen molar-refractivity contribution in [1.29, 1.82) is 0 Å². The number of alkyl halides is 2. The van der Waals surface area contributed by atoms with E-state index in [1.807, 2.05) is 34.1 Å². The number of anilines is 5. The second kappa shape index (κ2) is 12.6. The molecule has 9 rings (SSSR count). The number of morpholine rings is 2. The fraction of sp³-hybridized carbons (Fsp3) is 0.543. The summed E-state index contributed by atoms with van der Waals surface area (Å²) >= 11 is 0. The summed E-state index contributed by atoms with van der Waals surface area (Å²) in [6, 6.07) is 14.3. The van der Waals surface area contributed by atoms with Gasteiger partial charge in [-0.2, -0.15) is 15.0 Å². The number of urea groups is 1. The Hall–Kier alpha value is -4.14. The predicted octanol–water partition coefficient (Wildman–Crippen LogP) is 4.10. The van der Waals surface area contributed by atoms with Gasteiger partial charge in [0, 0.05) is 67.7 Å². The molecule has 14 heteroatoms. The molecule has 6 unspecified atom stereocenters. The molecule has 6 aliphatic rings. The van der Waals surface area contributed by atoms with Crippen LogP contribution >= 0.6 is 0 Å². The highest BCUT2D eigenvalue weighted by Gasteiger charge is 2.49. The van der Waals surface area contributed by atoms with Gasteiger partial charge in [-0.3, -0.25) is 4.90 Å². The number of rotatable bonds is 7. The molecule has 258 valence electrons. The van der Waals surface area contributed by atoms with Gasteiger partial charge < -0.3 is 34.8 Å². The summed E-state index contributed by atoms with van der Waals surface area (Å²) in [6.07, 6.45) is 1.28. The molecule has 0 radical (unpaired) electrons. The van der Waals surface area contributed by atoms with E-state index in [1.54, 1.807) is 12.1 Å². The van der Waals surface area contributed by atoms with Crippen LogP contribution in [0.15, 0.2) is 48.5 Å². The Kier molecular flexibility index (Phi) is 7.96. The number of amides is 2. The maximum Gasteiger partial charge on any atom is 0.323 e. The van der Waals surface area contributed by atoms with Crippen LogP contribution in [0.2, 0.25) is 0 Å². The standard InChI is InChI=1S/C35H41F2N9O3/c36-28-15-26-17-48-19-30(28)45(26)33-40-32(41-34(42-33)46-27-16-29(37)31(46)20-49-18-27)21-1-3-22(4-2-21)38-35(47)39-23-5-7-24(8-6-23)43-11-13-44(14-12-43)25-9-10-25/h1-8,25-31H,9-20H2,(H2,38,39,47). The topological polar surface area (TPSA) is 111 Å². The molecule has 2 N–H and O–H groups in total. The lowest BCUT2D eigenvalue weighted by Gasteiger charge is -2.37. The van der Waals surface area contributed by atoms with Gasteiger partial charge in [-0.05, 0) is 61.4 Å². The van der Waals surface area contributed by atoms with E-state index in [-0.39, 0.29) is 31.3 Å². The van der Waals surface area contributed by atoms with E-state index >= 15 is 0 Å². The van der Waals surface area contributed by atoms with E-state index in [4.69, 9.17) is 24.4 Å². The third kappa shape index (κ3) is 6.03. The number of nitrogens with one attached hydrogen (secondary N) is 2. The highest BCUT2D eigenvalue weighted by atomic mass is 19.1. The summed E-state index contributed by atoms with van der Waals surface area (Å²) in [7, 11) is 0. The molecule has 6 atom stereocenters. The van der Waals surface area contributed by atoms with Crippen molar-refractivity contribution in [2.45, 2.75) is 68.2 Å². The minimum Gasteiger partial charge on any atom is -0.377 e. The van der Waals surface area contributed by atoms with E-state index in [1.165, 1.54) is 18.5 Å². The lowest BCUT2D eigenvalue weighted by molar-refractivity contribution is 0.0810. The van der Waals surface area contributed by atoms with Crippen molar-refractivity contribution in [3.63, 3.8) is 0 Å². The van der Waals surface area contributed by atoms with Crippen LogP contribution in [0.4, 0.5) is 42.5 Å². The van der Waals surface area contributed by atoms with Gasteiger partial charge in [0.05, 0.1) is 50.6 Å². The molecule has 1 saturated carbocycles. The highest BCUT2D eigenvalue weighted by Crippen LogP contribution is 2.39. The van der Waals surface area contributed by atoms with E-state index in [2.05, 4.69) is 32.6 Å². The smallest absolute Gasteiger partial charge is 0.323 e. The number of halogens is 2. The van der Waals surface area contributed by atoms with Crippen molar-refractivity contribution in [3.05, 3.63) is 48.5 Å². The fourth-order valence-corrected chi connectivity index (χ4v) is 8.14. The molecule has 4 bridgehead atoms. The normalized spacial score (nSPS) is 29.7. The van der Waals surface area contributed by atoms with Gasteiger partial charge in [0.1, 0.15) is 12.3 Å². The average Bonchev–Trinajstić information content (AvgIpc) is 3.92. The molecule has 5 aliphatic heterocycles. The van der Waals surface area contributed by atoms with Crippen LogP contribution in [-0.4, -0.2) is 121 Å². The Morgan fingerprint density at radius 3 is 1.71 bits per heavy atom. The average molecular weight is 674 g/mol. The summed E-state index contributed by atoms with van der Waals surface area (Å²) in [4.78, 5) is 36.2. The maximum absolute atomic E-state index is 15.0. The maximum atomic E-state index is 15.0. The Balaban J connectivity index is 0.900. The summed E-state index contributed by atoms with van der Waals surface area (Å²) in [5.41, 5.74) is 3.16. The Bertz CT molecular complexity index is 1620. The largest absolute Gasteiger partial charge is 0.377 e. The molecule has 5 saturated heterocycles. The number of hydrogen-bond donors (Lipinski definition) is 2. The lowest BCUT2D eigenvalue weighted by atomic mass is 10.2. The van der Waals surface area contributed by atoms with Gasteiger partial charge in [-0.15, -0.1) is 0 Å². The number of piperazine rings is 1. The molecule has 0 spiro atoms. The molecule has 6 fully saturated rings. The molecule has 6 heterocycles. The van der Waals surface area contributed by atoms with Crippen LogP contribution in [-0.2, 0) is 9.47 Å². The third-order valence-corrected chi connectivity index (χ3v) is 10.9. The highest BCUT2D eigenvalue weighted by molar-refractivity contribution is 6.00. The number of fused-ring (bicyclic) bond motifs is 4. The molecule has 12 nitrogen and oxygen atoms in total. The first-order valence-corrected chi connectivity index (χ1v) is 17.5. The first-order chi connectivity index (χ1) is 24.0. The van der Waals surface area contributed by atoms with Crippen molar-refractivity contribution >= 4 is 35.0 Å². The zero-order valence-corrected chi connectivity index (χ0v) is 27.3. The number of nitrogens with zero attached hydrogens (tertiary/aromatic N) is 7. The lowest BCUT2D eigenvalue weighted by Crippen LogP contribution is -2.50. The molecule has 3 aromatic rings. The Morgan fingerprint density at radius 2 is 1.20 bits per heavy atom. The van der Waals surface area contributed by atoms with E-state index in [9.17, 15) is 13.6 Å². The van der Waals surface area contributed by atoms with Gasteiger partial charge in [0.25, 0.3) is 0 Å². The Labute approximate surface area is 283 Å². The number of carbonyl (C=O) groups excluding carboxylic acids is 1. The van der Waals surface area contributed by atoms with Gasteiger partial charge >= 0.3 is 6.03 Å². The van der Waals surface area contributed by atoms with Crippen LogP contribution in [0.5, 0.6) is 0 Å². The SMILES string of the molecule is O=C(Nc1ccc(-c2nc(N3C4COCC3C(F)C4)nc(N3C4COCC3C(F)C4)n2)cc1)Nc1ccc(N2CCN(C3CC3)CC2)cc1. The number of benzene rings is 2. The molecular formula is C35H41F2N9O3. The first-order valence-electron chi connectivity index (χ1n) is 17.5. The van der Waals surface area contributed by atoms with Gasteiger partial charge in [-0.1, -0.05) is 0 Å². The van der Waals surface area contributed by atoms with Crippen molar-refractivity contribution in [3.8, 4) is 11.4 Å². The summed E-state index contributed by atoms with van der Waals surface area (Å²) < 4.78 is 41.3. The van der Waals surface area contributed by atoms with Crippen LogP contribution in [0, 0.1) is 0 Å². The quantitative estimate of drug-likeness (QED) is 0.381. The van der Waals surface area contributed by atoms with Crippen LogP contribution in [0.25, 0.3) is 11.4 Å². The summed E-state index contributed by atoms with van der Waals surface area (Å²) in [6.45, 7) is 5.55. The van der Waals surface area contributed by atoms with Gasteiger partial charge in [0.2, 0.25) is 11.9 Å². The molecular weight excluding hydrogens is 632 g/mol. The molecule has 2 amide bonds. The third-order valence-electron chi connectivity index (χ3n) is 10.9. The first kappa shape index (κ1) is 30.9. The Morgan fingerprint density at radius 1 is 0.673 bits per heavy atom. The molecule has 1 aliphatic carbocycles. The van der Waals surface area contributed by atoms with Crippen LogP contribution in [0.3, 0.4) is 0 Å². The number of carbonyl (C=O) groups is 1. The minimum atomic E-state index is -1.05. The second-order valence-electron chi connectivity index (χ2n) is 14.1. The van der Waals surface area contributed by atoms with E-state index in [0.29, 0.717) is 60.7 Å². The van der Waals surface area contributed by atoms with Crippen molar-refractivity contribution in [2.75, 3.05) is 77.9 Å². The molecule has 49 heavy (non-hydrogen) atoms. The van der Waals surface area contributed by atoms with Crippen molar-refractivity contribution in [2.24, 2.45) is 0 Å². The monoisotopic (exact) mass is 673 g/mol. The van der Waals surface area contributed by atoms with Crippen molar-refractivity contribution in [1.82, 2.24) is 19.9 Å². The molecule has 2 aromatic carbocycles. The number of aromatic nitrogens is 3. The van der Waals surface area contributed by atoms with Gasteiger partial charge in [-0.25, -0.2) is 13.6 Å². The van der Waals surface area contributed by atoms with E-state index < -0.39 is 24.4 Å². The molecule has 1 aromatic heterocycles. The van der Waals surface area contributed by atoms with E-state index in [0.717, 1.165) is 32.2 Å². The van der Waals surface area contributed by atoms with Crippen LogP contribution in [0.1, 0.15) is 25.7 Å². The fourth-order valence-electron chi connectivity index (χ4n) is 8.14. The van der Waals surface area contributed by atoms with Crippen LogP contribution < -0.4 is 25.3 Å². The number of hydrogen-bond acceptors (Lipinski definition) is 10. The zero-order valence-electron chi connectivity index (χ0n) is 27.3. The van der Waals surface area contributed by atoms with Crippen molar-refractivity contribution < 1.29 is 23.0 Å². The predicted molar refractivity (Wildman–Crippen MR) is 182 cm³/mol. The minimum absolute atomic E-state index is 0.184. The second-order valence-corrected chi connectivity index (χ2v) is 14.1. The summed E-state index contributed by atoms with van der Waals surface area (Å²) in [5, 5.41) is 5.81.